The summed E-state index contributed by atoms with van der Waals surface area (Å²) in [6.45, 7) is 1.73. The molecular weight excluding hydrogens is 270 g/mol. The van der Waals surface area contributed by atoms with E-state index in [9.17, 15) is 4.79 Å². The van der Waals surface area contributed by atoms with Gasteiger partial charge in [0.2, 0.25) is 0 Å². The zero-order chi connectivity index (χ0) is 11.5. The van der Waals surface area contributed by atoms with Crippen LogP contribution in [0.2, 0.25) is 0 Å². The van der Waals surface area contributed by atoms with Crippen LogP contribution in [-0.2, 0) is 0 Å². The highest BCUT2D eigenvalue weighted by atomic mass is 79.9. The van der Waals surface area contributed by atoms with Crippen LogP contribution in [0.1, 0.15) is 23.3 Å². The molecule has 2 heterocycles. The van der Waals surface area contributed by atoms with E-state index >= 15 is 0 Å². The lowest BCUT2D eigenvalue weighted by Gasteiger charge is -2.23. The molecule has 1 unspecified atom stereocenters. The Bertz CT molecular complexity index is 377. The van der Waals surface area contributed by atoms with Crippen molar-refractivity contribution in [2.24, 2.45) is 0 Å². The van der Waals surface area contributed by atoms with Crippen LogP contribution in [0.25, 0.3) is 0 Å². The van der Waals surface area contributed by atoms with Crippen molar-refractivity contribution in [3.63, 3.8) is 0 Å². The predicted octanol–water partition coefficient (Wildman–Crippen LogP) is 1.60. The summed E-state index contributed by atoms with van der Waals surface area (Å²) in [5.41, 5.74) is 0.662. The number of nitrogens with one attached hydrogen (secondary N) is 2. The molecule has 1 aromatic rings. The van der Waals surface area contributed by atoms with Crippen molar-refractivity contribution in [3.8, 4) is 0 Å². The summed E-state index contributed by atoms with van der Waals surface area (Å²) in [5.74, 6) is 0.100. The lowest BCUT2D eigenvalue weighted by Crippen LogP contribution is -2.40. The van der Waals surface area contributed by atoms with Crippen molar-refractivity contribution in [2.75, 3.05) is 20.1 Å². The minimum Gasteiger partial charge on any atom is -0.356 e. The van der Waals surface area contributed by atoms with E-state index in [0.717, 1.165) is 30.4 Å². The molecule has 1 fully saturated rings. The number of carbonyl (C=O) groups excluding carboxylic acids is 1. The number of hydrogen-bond donors (Lipinski definition) is 2. The number of likely N-dealkylation sites (tertiary alicyclic amines) is 1. The minimum absolute atomic E-state index is 0.100. The largest absolute Gasteiger partial charge is 0.356 e. The van der Waals surface area contributed by atoms with E-state index in [-0.39, 0.29) is 5.91 Å². The predicted molar refractivity (Wildman–Crippen MR) is 66.5 cm³/mol. The quantitative estimate of drug-likeness (QED) is 0.886. The lowest BCUT2D eigenvalue weighted by atomic mass is 10.2. The Kier molecular flexibility index (Phi) is 3.66. The molecule has 1 aromatic heterocycles. The molecular formula is C11H16BrN3O. The number of halogens is 1. The van der Waals surface area contributed by atoms with Crippen LogP contribution in [0.4, 0.5) is 0 Å². The summed E-state index contributed by atoms with van der Waals surface area (Å²) < 4.78 is 0.917. The van der Waals surface area contributed by atoms with Gasteiger partial charge in [-0.2, -0.15) is 0 Å². The van der Waals surface area contributed by atoms with Gasteiger partial charge in [0.05, 0.1) is 0 Å². The molecule has 1 amide bonds. The van der Waals surface area contributed by atoms with E-state index in [1.165, 1.54) is 0 Å². The standard InChI is InChI=1S/C11H16BrN3O/c1-13-7-9-3-2-4-15(9)11(16)10-5-8(12)6-14-10/h5-6,9,13-14H,2-4,7H2,1H3. The highest BCUT2D eigenvalue weighted by molar-refractivity contribution is 9.10. The number of H-pyrrole nitrogens is 1. The number of nitrogens with zero attached hydrogens (tertiary/aromatic N) is 1. The topological polar surface area (TPSA) is 48.1 Å². The molecule has 2 rings (SSSR count). The molecule has 2 N–H and O–H groups in total. The number of amides is 1. The monoisotopic (exact) mass is 285 g/mol. The van der Waals surface area contributed by atoms with Crippen LogP contribution in [0.3, 0.4) is 0 Å². The molecule has 0 aromatic carbocycles. The van der Waals surface area contributed by atoms with E-state index in [0.29, 0.717) is 11.7 Å². The van der Waals surface area contributed by atoms with E-state index in [4.69, 9.17) is 0 Å². The SMILES string of the molecule is CNCC1CCCN1C(=O)c1cc(Br)c[nH]1. The van der Waals surface area contributed by atoms with Crippen molar-refractivity contribution in [1.29, 1.82) is 0 Å². The maximum Gasteiger partial charge on any atom is 0.270 e. The van der Waals surface area contributed by atoms with Crippen molar-refractivity contribution >= 4 is 21.8 Å². The molecule has 1 atom stereocenters. The first-order chi connectivity index (χ1) is 7.72. The Labute approximate surface area is 104 Å². The van der Waals surface area contributed by atoms with Crippen molar-refractivity contribution in [1.82, 2.24) is 15.2 Å². The molecule has 0 saturated carbocycles. The molecule has 16 heavy (non-hydrogen) atoms. The van der Waals surface area contributed by atoms with Gasteiger partial charge < -0.3 is 15.2 Å². The second kappa shape index (κ2) is 5.01. The summed E-state index contributed by atoms with van der Waals surface area (Å²) in [4.78, 5) is 17.1. The average molecular weight is 286 g/mol. The van der Waals surface area contributed by atoms with Gasteiger partial charge in [-0.05, 0) is 41.9 Å². The highest BCUT2D eigenvalue weighted by Gasteiger charge is 2.29. The van der Waals surface area contributed by atoms with Crippen LogP contribution < -0.4 is 5.32 Å². The Morgan fingerprint density at radius 3 is 3.19 bits per heavy atom. The summed E-state index contributed by atoms with van der Waals surface area (Å²) in [6, 6.07) is 2.16. The normalized spacial score (nSPS) is 20.4. The molecule has 1 aliphatic heterocycles. The lowest BCUT2D eigenvalue weighted by molar-refractivity contribution is 0.0732. The Hall–Kier alpha value is -0.810. The molecule has 0 aliphatic carbocycles. The number of aromatic amines is 1. The Morgan fingerprint density at radius 1 is 1.75 bits per heavy atom. The Balaban J connectivity index is 2.09. The second-order valence-electron chi connectivity index (χ2n) is 4.08. The van der Waals surface area contributed by atoms with Gasteiger partial charge in [-0.25, -0.2) is 0 Å². The molecule has 88 valence electrons. The molecule has 4 nitrogen and oxygen atoms in total. The van der Waals surface area contributed by atoms with Crippen LogP contribution >= 0.6 is 15.9 Å². The fraction of sp³-hybridized carbons (Fsp3) is 0.545. The molecule has 0 spiro atoms. The van der Waals surface area contributed by atoms with E-state index in [1.807, 2.05) is 18.0 Å². The summed E-state index contributed by atoms with van der Waals surface area (Å²) in [6.07, 6.45) is 3.98. The van der Waals surface area contributed by atoms with Crippen LogP contribution in [0.15, 0.2) is 16.7 Å². The summed E-state index contributed by atoms with van der Waals surface area (Å²) in [7, 11) is 1.92. The van der Waals surface area contributed by atoms with Crippen molar-refractivity contribution in [3.05, 3.63) is 22.4 Å². The fourth-order valence-electron chi connectivity index (χ4n) is 2.20. The third-order valence-electron chi connectivity index (χ3n) is 2.96. The minimum atomic E-state index is 0.100. The highest BCUT2D eigenvalue weighted by Crippen LogP contribution is 2.20. The zero-order valence-corrected chi connectivity index (χ0v) is 10.9. The number of hydrogen-bond acceptors (Lipinski definition) is 2. The van der Waals surface area contributed by atoms with Gasteiger partial charge in [0.25, 0.3) is 5.91 Å². The van der Waals surface area contributed by atoms with Gasteiger partial charge in [0.15, 0.2) is 0 Å². The van der Waals surface area contributed by atoms with E-state index in [2.05, 4.69) is 26.2 Å². The molecule has 1 aliphatic rings. The molecule has 0 bridgehead atoms. The van der Waals surface area contributed by atoms with Gasteiger partial charge in [0.1, 0.15) is 5.69 Å². The number of likely N-dealkylation sites (N-methyl/N-ethyl adjacent to an activating group) is 1. The smallest absolute Gasteiger partial charge is 0.270 e. The van der Waals surface area contributed by atoms with Gasteiger partial charge in [-0.3, -0.25) is 4.79 Å². The molecule has 1 saturated heterocycles. The first-order valence-electron chi connectivity index (χ1n) is 5.52. The van der Waals surface area contributed by atoms with Crippen LogP contribution in [-0.4, -0.2) is 42.0 Å². The van der Waals surface area contributed by atoms with Crippen LogP contribution in [0, 0.1) is 0 Å². The number of carbonyl (C=O) groups is 1. The molecule has 5 heteroatoms. The number of aromatic nitrogens is 1. The van der Waals surface area contributed by atoms with Crippen molar-refractivity contribution in [2.45, 2.75) is 18.9 Å². The zero-order valence-electron chi connectivity index (χ0n) is 9.29. The average Bonchev–Trinajstić information content (AvgIpc) is 2.87. The molecule has 0 radical (unpaired) electrons. The second-order valence-corrected chi connectivity index (χ2v) is 5.00. The van der Waals surface area contributed by atoms with Gasteiger partial charge >= 0.3 is 0 Å². The summed E-state index contributed by atoms with van der Waals surface area (Å²) in [5, 5.41) is 3.14. The summed E-state index contributed by atoms with van der Waals surface area (Å²) >= 11 is 3.34. The van der Waals surface area contributed by atoms with Crippen molar-refractivity contribution < 1.29 is 4.79 Å². The maximum atomic E-state index is 12.2. The third kappa shape index (κ3) is 2.30. The third-order valence-corrected chi connectivity index (χ3v) is 3.41. The van der Waals surface area contributed by atoms with Gasteiger partial charge in [-0.15, -0.1) is 0 Å². The Morgan fingerprint density at radius 2 is 2.56 bits per heavy atom. The van der Waals surface area contributed by atoms with Gasteiger partial charge in [0, 0.05) is 29.8 Å². The first kappa shape index (κ1) is 11.7. The van der Waals surface area contributed by atoms with E-state index in [1.54, 1.807) is 6.20 Å². The van der Waals surface area contributed by atoms with E-state index < -0.39 is 0 Å². The maximum absolute atomic E-state index is 12.2. The van der Waals surface area contributed by atoms with Crippen LogP contribution in [0.5, 0.6) is 0 Å². The fourth-order valence-corrected chi connectivity index (χ4v) is 2.54. The van der Waals surface area contributed by atoms with Gasteiger partial charge in [-0.1, -0.05) is 0 Å². The first-order valence-corrected chi connectivity index (χ1v) is 6.31. The number of rotatable bonds is 3.